The van der Waals surface area contributed by atoms with E-state index in [1.54, 1.807) is 6.20 Å². The third-order valence-corrected chi connectivity index (χ3v) is 3.12. The first kappa shape index (κ1) is 12.4. The van der Waals surface area contributed by atoms with Crippen LogP contribution in [0.25, 0.3) is 10.9 Å². The zero-order valence-corrected chi connectivity index (χ0v) is 10.9. The quantitative estimate of drug-likeness (QED) is 0.635. The molecular formula is C16H15N3O. The molecule has 4 nitrogen and oxygen atoms in total. The average Bonchev–Trinajstić information content (AvgIpc) is 2.51. The molecule has 1 aromatic heterocycles. The number of fused-ring (bicyclic) bond motifs is 1. The van der Waals surface area contributed by atoms with E-state index in [2.05, 4.69) is 15.8 Å². The summed E-state index contributed by atoms with van der Waals surface area (Å²) < 4.78 is 0. The largest absolute Gasteiger partial charge is 0.505 e. The van der Waals surface area contributed by atoms with Crippen LogP contribution in [0.15, 0.2) is 60.8 Å². The highest BCUT2D eigenvalue weighted by Crippen LogP contribution is 2.26. The van der Waals surface area contributed by atoms with Crippen LogP contribution in [0, 0.1) is 0 Å². The fraction of sp³-hybridized carbons (Fsp3) is 0.0625. The minimum absolute atomic E-state index is 0.227. The van der Waals surface area contributed by atoms with Crippen molar-refractivity contribution in [2.75, 3.05) is 5.43 Å². The second kappa shape index (κ2) is 5.59. The molecule has 0 aliphatic heterocycles. The summed E-state index contributed by atoms with van der Waals surface area (Å²) in [6.07, 6.45) is 1.68. The molecule has 0 atom stereocenters. The Labute approximate surface area is 117 Å². The van der Waals surface area contributed by atoms with Gasteiger partial charge in [-0.2, -0.15) is 0 Å². The Bertz CT molecular complexity index is 713. The third kappa shape index (κ3) is 2.55. The molecule has 3 N–H and O–H groups in total. The number of phenols is 1. The Morgan fingerprint density at radius 3 is 2.65 bits per heavy atom. The van der Waals surface area contributed by atoms with Crippen LogP contribution < -0.4 is 10.9 Å². The van der Waals surface area contributed by atoms with E-state index in [9.17, 15) is 5.11 Å². The number of rotatable bonds is 4. The molecule has 0 bridgehead atoms. The van der Waals surface area contributed by atoms with Gasteiger partial charge in [-0.25, -0.2) is 5.43 Å². The molecule has 0 fully saturated rings. The predicted molar refractivity (Wildman–Crippen MR) is 80.3 cm³/mol. The Hall–Kier alpha value is -2.59. The van der Waals surface area contributed by atoms with Crippen molar-refractivity contribution in [3.05, 3.63) is 66.4 Å². The highest BCUT2D eigenvalue weighted by molar-refractivity contribution is 5.85. The molecule has 3 aromatic rings. The van der Waals surface area contributed by atoms with Gasteiger partial charge in [0.25, 0.3) is 0 Å². The molecule has 1 heterocycles. The average molecular weight is 265 g/mol. The molecule has 4 heteroatoms. The van der Waals surface area contributed by atoms with Gasteiger partial charge in [-0.1, -0.05) is 36.4 Å². The topological polar surface area (TPSA) is 57.2 Å². The molecular weight excluding hydrogens is 250 g/mol. The number of hydrazine groups is 1. The zero-order valence-electron chi connectivity index (χ0n) is 10.9. The lowest BCUT2D eigenvalue weighted by atomic mass is 10.1. The standard InChI is InChI=1S/C16H15N3O/c20-16-13(9-8-12-5-4-10-17-15(12)16)11-18-19-14-6-2-1-3-7-14/h1-10,18-20H,11H2. The van der Waals surface area contributed by atoms with Crippen molar-refractivity contribution in [1.29, 1.82) is 0 Å². The maximum Gasteiger partial charge on any atom is 0.146 e. The number of nitrogens with zero attached hydrogens (tertiary/aromatic N) is 1. The summed E-state index contributed by atoms with van der Waals surface area (Å²) in [6.45, 7) is 0.507. The number of phenolic OH excluding ortho intramolecular Hbond substituents is 1. The smallest absolute Gasteiger partial charge is 0.146 e. The number of hydrogen-bond donors (Lipinski definition) is 3. The number of nitrogens with one attached hydrogen (secondary N) is 2. The van der Waals surface area contributed by atoms with Gasteiger partial charge in [-0.05, 0) is 18.2 Å². The second-order valence-electron chi connectivity index (χ2n) is 4.49. The van der Waals surface area contributed by atoms with E-state index < -0.39 is 0 Å². The molecule has 0 unspecified atom stereocenters. The number of aromatic nitrogens is 1. The summed E-state index contributed by atoms with van der Waals surface area (Å²) in [5, 5.41) is 11.2. The van der Waals surface area contributed by atoms with E-state index in [0.717, 1.165) is 16.6 Å². The van der Waals surface area contributed by atoms with E-state index >= 15 is 0 Å². The van der Waals surface area contributed by atoms with Gasteiger partial charge in [0, 0.05) is 29.4 Å². The maximum absolute atomic E-state index is 10.2. The van der Waals surface area contributed by atoms with Crippen molar-refractivity contribution in [3.63, 3.8) is 0 Å². The van der Waals surface area contributed by atoms with Gasteiger partial charge in [0.2, 0.25) is 0 Å². The number of para-hydroxylation sites is 1. The van der Waals surface area contributed by atoms with Crippen LogP contribution in [0.4, 0.5) is 5.69 Å². The fourth-order valence-electron chi connectivity index (χ4n) is 2.08. The van der Waals surface area contributed by atoms with Crippen LogP contribution in [0.1, 0.15) is 5.56 Å². The summed E-state index contributed by atoms with van der Waals surface area (Å²) in [5.41, 5.74) is 8.59. The molecule has 100 valence electrons. The van der Waals surface area contributed by atoms with Crippen molar-refractivity contribution in [3.8, 4) is 5.75 Å². The third-order valence-electron chi connectivity index (χ3n) is 3.12. The normalized spacial score (nSPS) is 10.6. The number of anilines is 1. The summed E-state index contributed by atoms with van der Waals surface area (Å²) >= 11 is 0. The zero-order chi connectivity index (χ0) is 13.8. The van der Waals surface area contributed by atoms with Crippen molar-refractivity contribution >= 4 is 16.6 Å². The molecule has 0 spiro atoms. The number of hydrogen-bond acceptors (Lipinski definition) is 4. The highest BCUT2D eigenvalue weighted by atomic mass is 16.3. The first-order valence-electron chi connectivity index (χ1n) is 6.44. The molecule has 3 rings (SSSR count). The fourth-order valence-corrected chi connectivity index (χ4v) is 2.08. The minimum Gasteiger partial charge on any atom is -0.505 e. The second-order valence-corrected chi connectivity index (χ2v) is 4.49. The molecule has 0 aliphatic rings. The van der Waals surface area contributed by atoms with Crippen molar-refractivity contribution in [2.45, 2.75) is 6.54 Å². The Morgan fingerprint density at radius 1 is 0.950 bits per heavy atom. The first-order valence-corrected chi connectivity index (χ1v) is 6.44. The van der Waals surface area contributed by atoms with Gasteiger partial charge in [-0.15, -0.1) is 0 Å². The Morgan fingerprint density at radius 2 is 1.80 bits per heavy atom. The van der Waals surface area contributed by atoms with Gasteiger partial charge in [0.1, 0.15) is 11.3 Å². The van der Waals surface area contributed by atoms with E-state index in [1.165, 1.54) is 0 Å². The molecule has 0 amide bonds. The Balaban J connectivity index is 1.73. The molecule has 2 aromatic carbocycles. The van der Waals surface area contributed by atoms with Crippen LogP contribution >= 0.6 is 0 Å². The van der Waals surface area contributed by atoms with Crippen LogP contribution in [-0.2, 0) is 6.54 Å². The van der Waals surface area contributed by atoms with Crippen molar-refractivity contribution in [2.24, 2.45) is 0 Å². The monoisotopic (exact) mass is 265 g/mol. The lowest BCUT2D eigenvalue weighted by Crippen LogP contribution is -2.20. The van der Waals surface area contributed by atoms with Crippen molar-refractivity contribution < 1.29 is 5.11 Å². The van der Waals surface area contributed by atoms with Gasteiger partial charge in [0.15, 0.2) is 0 Å². The van der Waals surface area contributed by atoms with Gasteiger partial charge < -0.3 is 10.5 Å². The summed E-state index contributed by atoms with van der Waals surface area (Å²) in [7, 11) is 0. The molecule has 20 heavy (non-hydrogen) atoms. The van der Waals surface area contributed by atoms with E-state index in [1.807, 2.05) is 54.6 Å². The number of aromatic hydroxyl groups is 1. The highest BCUT2D eigenvalue weighted by Gasteiger charge is 2.06. The molecule has 0 saturated heterocycles. The molecule has 0 saturated carbocycles. The van der Waals surface area contributed by atoms with Crippen LogP contribution in [0.5, 0.6) is 5.75 Å². The van der Waals surface area contributed by atoms with Crippen molar-refractivity contribution in [1.82, 2.24) is 10.4 Å². The summed E-state index contributed by atoms with van der Waals surface area (Å²) in [4.78, 5) is 4.21. The van der Waals surface area contributed by atoms with Crippen LogP contribution in [0.2, 0.25) is 0 Å². The molecule has 0 radical (unpaired) electrons. The number of pyridine rings is 1. The summed E-state index contributed by atoms with van der Waals surface area (Å²) in [6, 6.07) is 17.5. The van der Waals surface area contributed by atoms with Gasteiger partial charge >= 0.3 is 0 Å². The van der Waals surface area contributed by atoms with Crippen LogP contribution in [-0.4, -0.2) is 10.1 Å². The maximum atomic E-state index is 10.2. The first-order chi connectivity index (χ1) is 9.84. The van der Waals surface area contributed by atoms with Gasteiger partial charge in [-0.3, -0.25) is 4.98 Å². The van der Waals surface area contributed by atoms with E-state index in [4.69, 9.17) is 0 Å². The number of benzene rings is 2. The lowest BCUT2D eigenvalue weighted by Gasteiger charge is -2.10. The summed E-state index contributed by atoms with van der Waals surface area (Å²) in [5.74, 6) is 0.227. The molecule has 0 aliphatic carbocycles. The van der Waals surface area contributed by atoms with E-state index in [0.29, 0.717) is 12.1 Å². The minimum atomic E-state index is 0.227. The van der Waals surface area contributed by atoms with Crippen LogP contribution in [0.3, 0.4) is 0 Å². The van der Waals surface area contributed by atoms with E-state index in [-0.39, 0.29) is 5.75 Å². The predicted octanol–water partition coefficient (Wildman–Crippen LogP) is 3.06. The lowest BCUT2D eigenvalue weighted by molar-refractivity contribution is 0.471. The van der Waals surface area contributed by atoms with Gasteiger partial charge in [0.05, 0.1) is 0 Å². The Kier molecular flexibility index (Phi) is 3.48. The SMILES string of the molecule is Oc1c(CNNc2ccccc2)ccc2cccnc12.